The molecule has 25 heavy (non-hydrogen) atoms. The predicted octanol–water partition coefficient (Wildman–Crippen LogP) is -0.713. The van der Waals surface area contributed by atoms with E-state index in [4.69, 9.17) is 20.3 Å². The number of carbonyl (C=O) groups excluding carboxylic acids is 2. The van der Waals surface area contributed by atoms with Gasteiger partial charge in [-0.1, -0.05) is 0 Å². The molecule has 9 heteroatoms. The number of esters is 1. The van der Waals surface area contributed by atoms with Crippen LogP contribution in [0.2, 0.25) is 0 Å². The van der Waals surface area contributed by atoms with Crippen molar-refractivity contribution >= 4 is 12.1 Å². The van der Waals surface area contributed by atoms with Crippen molar-refractivity contribution in [1.29, 1.82) is 0 Å². The summed E-state index contributed by atoms with van der Waals surface area (Å²) in [7, 11) is 1.93. The molecular weight excluding hydrogens is 328 g/mol. The molecule has 0 bridgehead atoms. The molecule has 148 valence electrons. The number of aliphatic hydroxyl groups is 1. The van der Waals surface area contributed by atoms with Gasteiger partial charge in [0.1, 0.15) is 0 Å². The van der Waals surface area contributed by atoms with Gasteiger partial charge in [-0.25, -0.2) is 4.79 Å². The van der Waals surface area contributed by atoms with Gasteiger partial charge in [-0.3, -0.25) is 4.79 Å². The van der Waals surface area contributed by atoms with Gasteiger partial charge < -0.3 is 35.8 Å². The standard InChI is InChI=1S/C16H34N4O5/c1-3-18-16(23)25-13-6-14(5-12-24-15(22)4-7-17)19-8-9-20(2)10-11-21/h14,19,21H,3-13,17H2,1-2H3,(H,18,23). The van der Waals surface area contributed by atoms with E-state index in [0.717, 1.165) is 13.1 Å². The van der Waals surface area contributed by atoms with Crippen LogP contribution in [0.15, 0.2) is 0 Å². The number of hydrogen-bond donors (Lipinski definition) is 4. The van der Waals surface area contributed by atoms with Crippen LogP contribution in [-0.4, -0.2) is 87.7 Å². The fraction of sp³-hybridized carbons (Fsp3) is 0.875. The zero-order chi connectivity index (χ0) is 18.9. The quantitative estimate of drug-likeness (QED) is 0.281. The average molecular weight is 362 g/mol. The minimum atomic E-state index is -0.432. The second-order valence-electron chi connectivity index (χ2n) is 5.68. The topological polar surface area (TPSA) is 126 Å². The van der Waals surface area contributed by atoms with Crippen LogP contribution in [0.1, 0.15) is 26.2 Å². The molecule has 1 unspecified atom stereocenters. The van der Waals surface area contributed by atoms with Crippen molar-refractivity contribution in [3.8, 4) is 0 Å². The van der Waals surface area contributed by atoms with Gasteiger partial charge in [0, 0.05) is 38.8 Å². The third-order valence-corrected chi connectivity index (χ3v) is 3.51. The Bertz CT molecular complexity index is 333. The van der Waals surface area contributed by atoms with Crippen LogP contribution >= 0.6 is 0 Å². The van der Waals surface area contributed by atoms with E-state index in [1.54, 1.807) is 0 Å². The van der Waals surface area contributed by atoms with Crippen molar-refractivity contribution in [2.75, 3.05) is 59.6 Å². The van der Waals surface area contributed by atoms with E-state index in [9.17, 15) is 9.59 Å². The van der Waals surface area contributed by atoms with E-state index in [0.29, 0.717) is 32.5 Å². The minimum Gasteiger partial charge on any atom is -0.466 e. The molecule has 0 saturated heterocycles. The highest BCUT2D eigenvalue weighted by atomic mass is 16.5. The minimum absolute atomic E-state index is 0.0580. The molecule has 5 N–H and O–H groups in total. The second kappa shape index (κ2) is 16.1. The van der Waals surface area contributed by atoms with Crippen molar-refractivity contribution in [3.63, 3.8) is 0 Å². The Balaban J connectivity index is 4.15. The largest absolute Gasteiger partial charge is 0.466 e. The van der Waals surface area contributed by atoms with Gasteiger partial charge in [-0.2, -0.15) is 0 Å². The van der Waals surface area contributed by atoms with Crippen LogP contribution in [0.5, 0.6) is 0 Å². The SMILES string of the molecule is CCNC(=O)OCCC(CCOC(=O)CCN)NCCN(C)CCO. The number of carbonyl (C=O) groups is 2. The number of alkyl carbamates (subject to hydrolysis) is 1. The number of amides is 1. The molecule has 1 amide bonds. The molecule has 0 spiro atoms. The van der Waals surface area contributed by atoms with Crippen molar-refractivity contribution in [2.24, 2.45) is 5.73 Å². The Labute approximate surface area is 150 Å². The molecule has 0 aliphatic carbocycles. The Morgan fingerprint density at radius 3 is 2.48 bits per heavy atom. The third-order valence-electron chi connectivity index (χ3n) is 3.51. The molecule has 0 aromatic heterocycles. The number of nitrogens with zero attached hydrogens (tertiary/aromatic N) is 1. The van der Waals surface area contributed by atoms with Crippen LogP contribution in [-0.2, 0) is 14.3 Å². The van der Waals surface area contributed by atoms with Gasteiger partial charge in [0.25, 0.3) is 0 Å². The molecule has 0 aromatic carbocycles. The van der Waals surface area contributed by atoms with Crippen molar-refractivity contribution in [2.45, 2.75) is 32.2 Å². The number of nitrogens with one attached hydrogen (secondary N) is 2. The number of aliphatic hydroxyl groups excluding tert-OH is 1. The highest BCUT2D eigenvalue weighted by molar-refractivity contribution is 5.69. The third kappa shape index (κ3) is 14.6. The lowest BCUT2D eigenvalue weighted by Crippen LogP contribution is -2.38. The predicted molar refractivity (Wildman–Crippen MR) is 95.3 cm³/mol. The van der Waals surface area contributed by atoms with Crippen LogP contribution in [0.3, 0.4) is 0 Å². The summed E-state index contributed by atoms with van der Waals surface area (Å²) in [4.78, 5) is 24.7. The van der Waals surface area contributed by atoms with E-state index < -0.39 is 6.09 Å². The zero-order valence-corrected chi connectivity index (χ0v) is 15.5. The molecular formula is C16H34N4O5. The zero-order valence-electron chi connectivity index (χ0n) is 15.5. The van der Waals surface area contributed by atoms with E-state index in [1.807, 2.05) is 18.9 Å². The summed E-state index contributed by atoms with van der Waals surface area (Å²) in [5.41, 5.74) is 5.31. The van der Waals surface area contributed by atoms with Gasteiger partial charge in [-0.05, 0) is 26.8 Å². The van der Waals surface area contributed by atoms with Crippen molar-refractivity contribution in [3.05, 3.63) is 0 Å². The number of hydrogen-bond acceptors (Lipinski definition) is 8. The lowest BCUT2D eigenvalue weighted by molar-refractivity contribution is -0.143. The monoisotopic (exact) mass is 362 g/mol. The normalized spacial score (nSPS) is 12.0. The van der Waals surface area contributed by atoms with Crippen LogP contribution in [0.4, 0.5) is 4.79 Å². The maximum absolute atomic E-state index is 11.3. The summed E-state index contributed by atoms with van der Waals surface area (Å²) in [6.07, 6.45) is 1.02. The lowest BCUT2D eigenvalue weighted by atomic mass is 10.1. The molecule has 0 fully saturated rings. The highest BCUT2D eigenvalue weighted by Gasteiger charge is 2.12. The molecule has 0 rings (SSSR count). The van der Waals surface area contributed by atoms with Gasteiger partial charge in [-0.15, -0.1) is 0 Å². The molecule has 0 aromatic rings. The second-order valence-corrected chi connectivity index (χ2v) is 5.68. The van der Waals surface area contributed by atoms with Gasteiger partial charge in [0.2, 0.25) is 0 Å². The Hall–Kier alpha value is -1.42. The summed E-state index contributed by atoms with van der Waals surface area (Å²) in [6, 6.07) is 0.0580. The fourth-order valence-corrected chi connectivity index (χ4v) is 2.08. The maximum Gasteiger partial charge on any atom is 0.407 e. The summed E-state index contributed by atoms with van der Waals surface area (Å²) in [6.45, 7) is 5.44. The maximum atomic E-state index is 11.3. The van der Waals surface area contributed by atoms with Crippen LogP contribution in [0, 0.1) is 0 Å². The van der Waals surface area contributed by atoms with Crippen molar-refractivity contribution in [1.82, 2.24) is 15.5 Å². The fourth-order valence-electron chi connectivity index (χ4n) is 2.08. The lowest BCUT2D eigenvalue weighted by Gasteiger charge is -2.21. The van der Waals surface area contributed by atoms with E-state index in [1.165, 1.54) is 0 Å². The van der Waals surface area contributed by atoms with Gasteiger partial charge in [0.05, 0.1) is 26.2 Å². The van der Waals surface area contributed by atoms with E-state index in [2.05, 4.69) is 10.6 Å². The molecule has 0 heterocycles. The molecule has 9 nitrogen and oxygen atoms in total. The van der Waals surface area contributed by atoms with Gasteiger partial charge >= 0.3 is 12.1 Å². The number of nitrogens with two attached hydrogens (primary N) is 1. The molecule has 1 atom stereocenters. The first-order valence-corrected chi connectivity index (χ1v) is 8.82. The van der Waals surface area contributed by atoms with Crippen LogP contribution in [0.25, 0.3) is 0 Å². The van der Waals surface area contributed by atoms with Gasteiger partial charge in [0.15, 0.2) is 0 Å². The van der Waals surface area contributed by atoms with E-state index in [-0.39, 0.29) is 38.2 Å². The smallest absolute Gasteiger partial charge is 0.407 e. The number of ether oxygens (including phenoxy) is 2. The molecule has 0 aliphatic heterocycles. The molecule has 0 aliphatic rings. The summed E-state index contributed by atoms with van der Waals surface area (Å²) < 4.78 is 10.2. The first-order valence-electron chi connectivity index (χ1n) is 8.82. The summed E-state index contributed by atoms with van der Waals surface area (Å²) in [5, 5.41) is 14.8. The summed E-state index contributed by atoms with van der Waals surface area (Å²) >= 11 is 0. The summed E-state index contributed by atoms with van der Waals surface area (Å²) in [5.74, 6) is -0.303. The van der Waals surface area contributed by atoms with Crippen LogP contribution < -0.4 is 16.4 Å². The average Bonchev–Trinajstić information content (AvgIpc) is 2.55. The molecule has 0 radical (unpaired) electrons. The Morgan fingerprint density at radius 1 is 1.20 bits per heavy atom. The van der Waals surface area contributed by atoms with E-state index >= 15 is 0 Å². The molecule has 0 saturated carbocycles. The van der Waals surface area contributed by atoms with Crippen molar-refractivity contribution < 1.29 is 24.2 Å². The Kier molecular flexibility index (Phi) is 15.2. The Morgan fingerprint density at radius 2 is 1.88 bits per heavy atom. The number of rotatable bonds is 15. The first-order chi connectivity index (χ1) is 12.0. The number of likely N-dealkylation sites (N-methyl/N-ethyl adjacent to an activating group) is 1. The first kappa shape index (κ1) is 23.6. The highest BCUT2D eigenvalue weighted by Crippen LogP contribution is 2.01.